The lowest BCUT2D eigenvalue weighted by Crippen LogP contribution is -2.30. The van der Waals surface area contributed by atoms with E-state index in [4.69, 9.17) is 17.4 Å². The number of rotatable bonds is 4. The van der Waals surface area contributed by atoms with E-state index in [1.54, 1.807) is 0 Å². The van der Waals surface area contributed by atoms with Gasteiger partial charge in [-0.25, -0.2) is 0 Å². The van der Waals surface area contributed by atoms with Gasteiger partial charge in [-0.1, -0.05) is 53.6 Å². The van der Waals surface area contributed by atoms with Crippen LogP contribution in [0.5, 0.6) is 0 Å². The molecular weight excluding hydrogens is 256 g/mol. The van der Waals surface area contributed by atoms with Crippen molar-refractivity contribution in [2.45, 2.75) is 26.3 Å². The second kappa shape index (κ2) is 6.20. The molecule has 0 fully saturated rings. The molecule has 2 aromatic carbocycles. The van der Waals surface area contributed by atoms with Gasteiger partial charge in [0.2, 0.25) is 0 Å². The monoisotopic (exact) mass is 274 g/mol. The molecule has 2 rings (SSSR count). The van der Waals surface area contributed by atoms with Gasteiger partial charge in [0.15, 0.2) is 0 Å². The molecule has 0 aliphatic heterocycles. The molecule has 0 aromatic heterocycles. The summed E-state index contributed by atoms with van der Waals surface area (Å²) in [6.07, 6.45) is 0.845. The number of halogens is 1. The Balaban J connectivity index is 2.25. The van der Waals surface area contributed by atoms with Crippen LogP contribution in [0.25, 0.3) is 0 Å². The Kier molecular flexibility index (Phi) is 4.59. The van der Waals surface area contributed by atoms with Crippen LogP contribution in [0.2, 0.25) is 5.02 Å². The summed E-state index contributed by atoms with van der Waals surface area (Å²) < 4.78 is 0. The average molecular weight is 275 g/mol. The summed E-state index contributed by atoms with van der Waals surface area (Å²) in [6, 6.07) is 14.5. The second-order valence-corrected chi connectivity index (χ2v) is 5.27. The SMILES string of the molecule is Cc1ccc(CC(NN)c2cccc(Cl)c2C)cc1. The Hall–Kier alpha value is -1.35. The van der Waals surface area contributed by atoms with E-state index < -0.39 is 0 Å². The van der Waals surface area contributed by atoms with Gasteiger partial charge in [-0.3, -0.25) is 11.3 Å². The molecule has 100 valence electrons. The topological polar surface area (TPSA) is 38.0 Å². The van der Waals surface area contributed by atoms with Crippen LogP contribution in [0.1, 0.15) is 28.3 Å². The summed E-state index contributed by atoms with van der Waals surface area (Å²) in [4.78, 5) is 0. The first kappa shape index (κ1) is 14.1. The van der Waals surface area contributed by atoms with E-state index in [-0.39, 0.29) is 6.04 Å². The highest BCUT2D eigenvalue weighted by Gasteiger charge is 2.14. The van der Waals surface area contributed by atoms with E-state index in [1.165, 1.54) is 11.1 Å². The molecule has 2 aromatic rings. The molecule has 0 saturated heterocycles. The van der Waals surface area contributed by atoms with Crippen molar-refractivity contribution in [1.29, 1.82) is 0 Å². The highest BCUT2D eigenvalue weighted by molar-refractivity contribution is 6.31. The molecule has 1 unspecified atom stereocenters. The molecule has 0 radical (unpaired) electrons. The minimum absolute atomic E-state index is 0.0707. The highest BCUT2D eigenvalue weighted by Crippen LogP contribution is 2.26. The number of hydrazine groups is 1. The molecule has 0 aliphatic carbocycles. The van der Waals surface area contributed by atoms with Crippen molar-refractivity contribution in [3.8, 4) is 0 Å². The van der Waals surface area contributed by atoms with Gasteiger partial charge in [0.25, 0.3) is 0 Å². The van der Waals surface area contributed by atoms with Crippen molar-refractivity contribution >= 4 is 11.6 Å². The molecule has 0 spiro atoms. The van der Waals surface area contributed by atoms with Crippen LogP contribution >= 0.6 is 11.6 Å². The van der Waals surface area contributed by atoms with Crippen LogP contribution in [-0.4, -0.2) is 0 Å². The maximum atomic E-state index is 6.17. The molecular formula is C16H19ClN2. The fraction of sp³-hybridized carbons (Fsp3) is 0.250. The average Bonchev–Trinajstić information content (AvgIpc) is 2.42. The van der Waals surface area contributed by atoms with Crippen molar-refractivity contribution in [2.24, 2.45) is 5.84 Å². The van der Waals surface area contributed by atoms with Crippen LogP contribution in [-0.2, 0) is 6.42 Å². The number of hydrogen-bond acceptors (Lipinski definition) is 2. The number of benzene rings is 2. The Morgan fingerprint density at radius 1 is 1.11 bits per heavy atom. The van der Waals surface area contributed by atoms with Crippen molar-refractivity contribution in [2.75, 3.05) is 0 Å². The molecule has 3 N–H and O–H groups in total. The molecule has 19 heavy (non-hydrogen) atoms. The van der Waals surface area contributed by atoms with Crippen molar-refractivity contribution < 1.29 is 0 Å². The van der Waals surface area contributed by atoms with Crippen LogP contribution < -0.4 is 11.3 Å². The predicted octanol–water partition coefficient (Wildman–Crippen LogP) is 3.70. The van der Waals surface area contributed by atoms with E-state index in [1.807, 2.05) is 19.1 Å². The molecule has 0 heterocycles. The maximum Gasteiger partial charge on any atom is 0.0503 e. The highest BCUT2D eigenvalue weighted by atomic mass is 35.5. The largest absolute Gasteiger partial charge is 0.271 e. The normalized spacial score (nSPS) is 12.4. The summed E-state index contributed by atoms with van der Waals surface area (Å²) in [5.41, 5.74) is 7.64. The molecule has 2 nitrogen and oxygen atoms in total. The molecule has 0 bridgehead atoms. The van der Waals surface area contributed by atoms with E-state index in [9.17, 15) is 0 Å². The first-order valence-electron chi connectivity index (χ1n) is 6.38. The number of hydrogen-bond donors (Lipinski definition) is 2. The summed E-state index contributed by atoms with van der Waals surface area (Å²) in [6.45, 7) is 4.11. The van der Waals surface area contributed by atoms with Crippen molar-refractivity contribution in [3.63, 3.8) is 0 Å². The van der Waals surface area contributed by atoms with Crippen LogP contribution in [0.15, 0.2) is 42.5 Å². The third-order valence-corrected chi connectivity index (χ3v) is 3.86. The lowest BCUT2D eigenvalue weighted by molar-refractivity contribution is 0.549. The predicted molar refractivity (Wildman–Crippen MR) is 81.1 cm³/mol. The van der Waals surface area contributed by atoms with Gasteiger partial charge in [-0.15, -0.1) is 0 Å². The standard InChI is InChI=1S/C16H19ClN2/c1-11-6-8-13(9-7-11)10-16(19-18)14-4-3-5-15(17)12(14)2/h3-9,16,19H,10,18H2,1-2H3. The van der Waals surface area contributed by atoms with E-state index >= 15 is 0 Å². The molecule has 1 atom stereocenters. The zero-order valence-corrected chi connectivity index (χ0v) is 12.0. The third-order valence-electron chi connectivity index (χ3n) is 3.45. The van der Waals surface area contributed by atoms with Crippen LogP contribution in [0.4, 0.5) is 0 Å². The zero-order valence-electron chi connectivity index (χ0n) is 11.3. The number of nitrogens with one attached hydrogen (secondary N) is 1. The molecule has 0 aliphatic rings. The Morgan fingerprint density at radius 2 is 1.79 bits per heavy atom. The van der Waals surface area contributed by atoms with Gasteiger partial charge in [-0.05, 0) is 43.0 Å². The van der Waals surface area contributed by atoms with E-state index in [0.717, 1.165) is 22.6 Å². The van der Waals surface area contributed by atoms with Gasteiger partial charge in [-0.2, -0.15) is 0 Å². The third kappa shape index (κ3) is 3.35. The Labute approximate surface area is 119 Å². The molecule has 0 saturated carbocycles. The smallest absolute Gasteiger partial charge is 0.0503 e. The van der Waals surface area contributed by atoms with E-state index in [0.29, 0.717) is 0 Å². The van der Waals surface area contributed by atoms with Gasteiger partial charge >= 0.3 is 0 Å². The Bertz CT molecular complexity index is 549. The summed E-state index contributed by atoms with van der Waals surface area (Å²) >= 11 is 6.17. The Morgan fingerprint density at radius 3 is 2.42 bits per heavy atom. The number of nitrogens with two attached hydrogens (primary N) is 1. The van der Waals surface area contributed by atoms with Crippen LogP contribution in [0.3, 0.4) is 0 Å². The minimum atomic E-state index is 0.0707. The maximum absolute atomic E-state index is 6.17. The fourth-order valence-corrected chi connectivity index (χ4v) is 2.40. The van der Waals surface area contributed by atoms with Gasteiger partial charge in [0.05, 0.1) is 6.04 Å². The van der Waals surface area contributed by atoms with Gasteiger partial charge in [0.1, 0.15) is 0 Å². The zero-order chi connectivity index (χ0) is 13.8. The fourth-order valence-electron chi connectivity index (χ4n) is 2.22. The van der Waals surface area contributed by atoms with Gasteiger partial charge < -0.3 is 0 Å². The lowest BCUT2D eigenvalue weighted by atomic mass is 9.95. The van der Waals surface area contributed by atoms with Gasteiger partial charge in [0, 0.05) is 5.02 Å². The second-order valence-electron chi connectivity index (χ2n) is 4.86. The summed E-state index contributed by atoms with van der Waals surface area (Å²) in [5, 5.41) is 0.779. The first-order chi connectivity index (χ1) is 9.11. The first-order valence-corrected chi connectivity index (χ1v) is 6.76. The quantitative estimate of drug-likeness (QED) is 0.659. The van der Waals surface area contributed by atoms with Crippen LogP contribution in [0, 0.1) is 13.8 Å². The summed E-state index contributed by atoms with van der Waals surface area (Å²) in [7, 11) is 0. The number of aryl methyl sites for hydroxylation is 1. The lowest BCUT2D eigenvalue weighted by Gasteiger charge is -2.19. The van der Waals surface area contributed by atoms with Crippen molar-refractivity contribution in [3.05, 3.63) is 69.7 Å². The molecule has 3 heteroatoms. The van der Waals surface area contributed by atoms with E-state index in [2.05, 4.69) is 42.7 Å². The minimum Gasteiger partial charge on any atom is -0.271 e. The molecule has 0 amide bonds. The summed E-state index contributed by atoms with van der Waals surface area (Å²) in [5.74, 6) is 5.71. The van der Waals surface area contributed by atoms with Crippen molar-refractivity contribution in [1.82, 2.24) is 5.43 Å².